The molecule has 0 bridgehead atoms. The third-order valence-corrected chi connectivity index (χ3v) is 4.29. The average molecular weight is 300 g/mol. The first-order valence-electron chi connectivity index (χ1n) is 7.25. The van der Waals surface area contributed by atoms with Gasteiger partial charge in [-0.15, -0.1) is 0 Å². The highest BCUT2D eigenvalue weighted by atomic mass is 19.1. The Morgan fingerprint density at radius 1 is 1.14 bits per heavy atom. The van der Waals surface area contributed by atoms with Gasteiger partial charge in [-0.2, -0.15) is 0 Å². The molecule has 0 amide bonds. The Bertz CT molecular complexity index is 646. The number of aliphatic carboxylic acids is 1. The molecule has 1 N–H and O–H groups in total. The number of halogens is 1. The van der Waals surface area contributed by atoms with Crippen LogP contribution in [0.1, 0.15) is 24.0 Å². The second-order valence-corrected chi connectivity index (χ2v) is 5.72. The summed E-state index contributed by atoms with van der Waals surface area (Å²) in [6.45, 7) is 0.477. The molecule has 0 aromatic heterocycles. The standard InChI is InChI=1S/C18H17FO3/c19-15-8-6-14(7-9-15)18(17(20)21)10-16(11-18)22-12-13-4-2-1-3-5-13/h1-9,16H,10-12H2,(H,20,21). The molecular weight excluding hydrogens is 283 g/mol. The van der Waals surface area contributed by atoms with Crippen molar-refractivity contribution in [3.8, 4) is 0 Å². The fraction of sp³-hybridized carbons (Fsp3) is 0.278. The molecule has 3 rings (SSSR count). The largest absolute Gasteiger partial charge is 0.481 e. The third-order valence-electron chi connectivity index (χ3n) is 4.29. The smallest absolute Gasteiger partial charge is 0.314 e. The second-order valence-electron chi connectivity index (χ2n) is 5.72. The highest BCUT2D eigenvalue weighted by Gasteiger charge is 2.52. The van der Waals surface area contributed by atoms with Gasteiger partial charge in [-0.25, -0.2) is 4.39 Å². The number of hydrogen-bond acceptors (Lipinski definition) is 2. The monoisotopic (exact) mass is 300 g/mol. The van der Waals surface area contributed by atoms with E-state index in [2.05, 4.69) is 0 Å². The first-order valence-corrected chi connectivity index (χ1v) is 7.25. The van der Waals surface area contributed by atoms with Crippen LogP contribution in [-0.4, -0.2) is 17.2 Å². The molecule has 1 fully saturated rings. The molecule has 0 heterocycles. The quantitative estimate of drug-likeness (QED) is 0.919. The van der Waals surface area contributed by atoms with Gasteiger partial charge in [0.25, 0.3) is 0 Å². The van der Waals surface area contributed by atoms with E-state index < -0.39 is 11.4 Å². The van der Waals surface area contributed by atoms with Crippen molar-refractivity contribution in [2.24, 2.45) is 0 Å². The van der Waals surface area contributed by atoms with Gasteiger partial charge >= 0.3 is 5.97 Å². The molecule has 0 atom stereocenters. The van der Waals surface area contributed by atoms with Crippen LogP contribution in [0.15, 0.2) is 54.6 Å². The molecular formula is C18H17FO3. The van der Waals surface area contributed by atoms with Crippen molar-refractivity contribution in [2.75, 3.05) is 0 Å². The number of hydrogen-bond donors (Lipinski definition) is 1. The minimum Gasteiger partial charge on any atom is -0.481 e. The van der Waals surface area contributed by atoms with Crippen LogP contribution in [0.3, 0.4) is 0 Å². The molecule has 1 aliphatic rings. The molecule has 1 aliphatic carbocycles. The van der Waals surface area contributed by atoms with Crippen molar-refractivity contribution in [3.63, 3.8) is 0 Å². The molecule has 4 heteroatoms. The summed E-state index contributed by atoms with van der Waals surface area (Å²) in [5, 5.41) is 9.56. The third kappa shape index (κ3) is 2.74. The Morgan fingerprint density at radius 3 is 2.36 bits per heavy atom. The van der Waals surface area contributed by atoms with Gasteiger partial charge in [0.15, 0.2) is 0 Å². The SMILES string of the molecule is O=C(O)C1(c2ccc(F)cc2)CC(OCc2ccccc2)C1. The van der Waals surface area contributed by atoms with Crippen molar-refractivity contribution < 1.29 is 19.0 Å². The minimum absolute atomic E-state index is 0.0821. The molecule has 0 unspecified atom stereocenters. The Morgan fingerprint density at radius 2 is 1.77 bits per heavy atom. The van der Waals surface area contributed by atoms with Crippen LogP contribution in [0.25, 0.3) is 0 Å². The van der Waals surface area contributed by atoms with Gasteiger partial charge in [-0.3, -0.25) is 4.79 Å². The van der Waals surface area contributed by atoms with E-state index >= 15 is 0 Å². The summed E-state index contributed by atoms with van der Waals surface area (Å²) in [5.74, 6) is -1.24. The van der Waals surface area contributed by atoms with E-state index in [1.807, 2.05) is 30.3 Å². The average Bonchev–Trinajstić information content (AvgIpc) is 2.48. The van der Waals surface area contributed by atoms with E-state index in [4.69, 9.17) is 4.74 Å². The maximum atomic E-state index is 13.0. The van der Waals surface area contributed by atoms with Crippen molar-refractivity contribution in [2.45, 2.75) is 31.0 Å². The zero-order valence-electron chi connectivity index (χ0n) is 12.0. The van der Waals surface area contributed by atoms with Crippen LogP contribution < -0.4 is 0 Å². The molecule has 22 heavy (non-hydrogen) atoms. The van der Waals surface area contributed by atoms with Crippen LogP contribution >= 0.6 is 0 Å². The number of carboxylic acids is 1. The van der Waals surface area contributed by atoms with E-state index in [-0.39, 0.29) is 11.9 Å². The van der Waals surface area contributed by atoms with Crippen molar-refractivity contribution in [1.82, 2.24) is 0 Å². The van der Waals surface area contributed by atoms with Gasteiger partial charge in [0.1, 0.15) is 5.82 Å². The number of rotatable bonds is 5. The maximum absolute atomic E-state index is 13.0. The number of ether oxygens (including phenoxy) is 1. The van der Waals surface area contributed by atoms with Gasteiger partial charge in [0.05, 0.1) is 18.1 Å². The number of carbonyl (C=O) groups is 1. The zero-order chi connectivity index (χ0) is 15.6. The topological polar surface area (TPSA) is 46.5 Å². The Balaban J connectivity index is 1.65. The number of carboxylic acid groups (broad SMARTS) is 1. The summed E-state index contributed by atoms with van der Waals surface area (Å²) in [7, 11) is 0. The summed E-state index contributed by atoms with van der Waals surface area (Å²) in [4.78, 5) is 11.7. The van der Waals surface area contributed by atoms with E-state index in [0.717, 1.165) is 5.56 Å². The first kappa shape index (κ1) is 14.7. The van der Waals surface area contributed by atoms with Crippen LogP contribution in [0, 0.1) is 5.82 Å². The van der Waals surface area contributed by atoms with Gasteiger partial charge in [0, 0.05) is 0 Å². The van der Waals surface area contributed by atoms with Crippen LogP contribution in [0.4, 0.5) is 4.39 Å². The molecule has 1 saturated carbocycles. The van der Waals surface area contributed by atoms with E-state index in [0.29, 0.717) is 25.0 Å². The van der Waals surface area contributed by atoms with Crippen LogP contribution in [0.5, 0.6) is 0 Å². The normalized spacial score (nSPS) is 23.8. The molecule has 0 radical (unpaired) electrons. The van der Waals surface area contributed by atoms with Gasteiger partial charge < -0.3 is 9.84 Å². The lowest BCUT2D eigenvalue weighted by molar-refractivity contribution is -0.156. The lowest BCUT2D eigenvalue weighted by atomic mass is 9.62. The Kier molecular flexibility index (Phi) is 3.94. The van der Waals surface area contributed by atoms with E-state index in [1.165, 1.54) is 12.1 Å². The van der Waals surface area contributed by atoms with Gasteiger partial charge in [-0.1, -0.05) is 42.5 Å². The van der Waals surface area contributed by atoms with Gasteiger partial charge in [-0.05, 0) is 36.1 Å². The van der Waals surface area contributed by atoms with E-state index in [1.54, 1.807) is 12.1 Å². The molecule has 2 aromatic rings. The highest BCUT2D eigenvalue weighted by Crippen LogP contribution is 2.46. The molecule has 3 nitrogen and oxygen atoms in total. The minimum atomic E-state index is -0.949. The maximum Gasteiger partial charge on any atom is 0.314 e. The lowest BCUT2D eigenvalue weighted by Gasteiger charge is -2.44. The Labute approximate surface area is 128 Å². The second kappa shape index (κ2) is 5.89. The van der Waals surface area contributed by atoms with Crippen molar-refractivity contribution >= 4 is 5.97 Å². The van der Waals surface area contributed by atoms with Gasteiger partial charge in [0.2, 0.25) is 0 Å². The molecule has 0 saturated heterocycles. The number of benzene rings is 2. The van der Waals surface area contributed by atoms with E-state index in [9.17, 15) is 14.3 Å². The molecule has 0 aliphatic heterocycles. The fourth-order valence-electron chi connectivity index (χ4n) is 2.93. The molecule has 2 aromatic carbocycles. The Hall–Kier alpha value is -2.20. The summed E-state index contributed by atoms with van der Waals surface area (Å²) in [6.07, 6.45) is 0.753. The van der Waals surface area contributed by atoms with Crippen LogP contribution in [0.2, 0.25) is 0 Å². The first-order chi connectivity index (χ1) is 10.6. The molecule has 0 spiro atoms. The van der Waals surface area contributed by atoms with Crippen molar-refractivity contribution in [3.05, 3.63) is 71.5 Å². The predicted octanol–water partition coefficient (Wildman–Crippen LogP) is 3.53. The van der Waals surface area contributed by atoms with Crippen molar-refractivity contribution in [1.29, 1.82) is 0 Å². The fourth-order valence-corrected chi connectivity index (χ4v) is 2.93. The zero-order valence-corrected chi connectivity index (χ0v) is 12.0. The van der Waals surface area contributed by atoms with Crippen LogP contribution in [-0.2, 0) is 21.6 Å². The molecule has 114 valence electrons. The predicted molar refractivity (Wildman–Crippen MR) is 80.0 cm³/mol. The summed E-state index contributed by atoms with van der Waals surface area (Å²) < 4.78 is 18.8. The highest BCUT2D eigenvalue weighted by molar-refractivity contribution is 5.83. The summed E-state index contributed by atoms with van der Waals surface area (Å²) >= 11 is 0. The lowest BCUT2D eigenvalue weighted by Crippen LogP contribution is -2.51. The summed E-state index contributed by atoms with van der Waals surface area (Å²) in [6, 6.07) is 15.5. The summed E-state index contributed by atoms with van der Waals surface area (Å²) in [5.41, 5.74) is 0.757.